The molecule has 1 saturated heterocycles. The molecule has 114 valence electrons. The third-order valence-corrected chi connectivity index (χ3v) is 5.15. The Bertz CT molecular complexity index is 739. The fourth-order valence-electron chi connectivity index (χ4n) is 3.77. The number of rotatable bonds is 1. The second-order valence-corrected chi connectivity index (χ2v) is 6.71. The van der Waals surface area contributed by atoms with E-state index in [1.54, 1.807) is 0 Å². The van der Waals surface area contributed by atoms with Crippen molar-refractivity contribution in [1.82, 2.24) is 15.2 Å². The quantitative estimate of drug-likeness (QED) is 0.850. The van der Waals surface area contributed by atoms with Gasteiger partial charge < -0.3 is 15.2 Å². The maximum absolute atomic E-state index is 12.5. The normalized spacial score (nSPS) is 24.5. The number of likely N-dealkylation sites (N-methyl/N-ethyl adjacent to an activating group) is 1. The topological polar surface area (TPSA) is 48.1 Å². The fraction of sp³-hybridized carbons (Fsp3) is 0.353. The van der Waals surface area contributed by atoms with Gasteiger partial charge in [0.25, 0.3) is 5.91 Å². The number of carbonyl (C=O) groups excluding carboxylic acids is 1. The van der Waals surface area contributed by atoms with E-state index in [0.29, 0.717) is 16.9 Å². The molecule has 3 heterocycles. The molecule has 4 nitrogen and oxygen atoms in total. The first-order valence-electron chi connectivity index (χ1n) is 7.57. The van der Waals surface area contributed by atoms with Gasteiger partial charge in [-0.15, -0.1) is 0 Å². The number of nitrogens with one attached hydrogen (secondary N) is 2. The maximum Gasteiger partial charge on any atom is 0.251 e. The van der Waals surface area contributed by atoms with Crippen molar-refractivity contribution in [2.75, 3.05) is 26.7 Å². The van der Waals surface area contributed by atoms with Crippen molar-refractivity contribution < 1.29 is 4.79 Å². The molecule has 0 spiro atoms. The standard InChI is InChI=1S/C17H18ClN3O/c1-21-8-11-7-20-17(22)13-6-10(16-15(18)4-5-19-16)2-3-12(13)14(11)9-21/h2-6,11,14,19H,7-9H2,1H3,(H,20,22)/t11-,14-/m0/s1. The average molecular weight is 316 g/mol. The van der Waals surface area contributed by atoms with E-state index in [-0.39, 0.29) is 5.91 Å². The zero-order valence-corrected chi connectivity index (χ0v) is 13.2. The monoisotopic (exact) mass is 315 g/mol. The molecule has 0 bridgehead atoms. The van der Waals surface area contributed by atoms with E-state index in [2.05, 4.69) is 34.4 Å². The summed E-state index contributed by atoms with van der Waals surface area (Å²) in [7, 11) is 2.14. The molecule has 2 aliphatic rings. The first-order chi connectivity index (χ1) is 10.6. The third-order valence-electron chi connectivity index (χ3n) is 4.83. The van der Waals surface area contributed by atoms with Gasteiger partial charge in [-0.05, 0) is 30.7 Å². The van der Waals surface area contributed by atoms with Gasteiger partial charge in [-0.2, -0.15) is 0 Å². The van der Waals surface area contributed by atoms with Gasteiger partial charge in [0.1, 0.15) is 0 Å². The Morgan fingerprint density at radius 1 is 1.27 bits per heavy atom. The number of benzene rings is 1. The van der Waals surface area contributed by atoms with E-state index in [0.717, 1.165) is 42.0 Å². The number of hydrogen-bond acceptors (Lipinski definition) is 2. The van der Waals surface area contributed by atoms with Gasteiger partial charge in [0.2, 0.25) is 0 Å². The zero-order valence-electron chi connectivity index (χ0n) is 12.4. The lowest BCUT2D eigenvalue weighted by molar-refractivity contribution is 0.0951. The van der Waals surface area contributed by atoms with Crippen LogP contribution >= 0.6 is 11.6 Å². The summed E-state index contributed by atoms with van der Waals surface area (Å²) >= 11 is 6.20. The van der Waals surface area contributed by atoms with Crippen LogP contribution in [0.3, 0.4) is 0 Å². The van der Waals surface area contributed by atoms with Crippen LogP contribution in [-0.4, -0.2) is 42.5 Å². The third kappa shape index (κ3) is 2.14. The van der Waals surface area contributed by atoms with Crippen molar-refractivity contribution in [3.63, 3.8) is 0 Å². The summed E-state index contributed by atoms with van der Waals surface area (Å²) in [4.78, 5) is 17.9. The lowest BCUT2D eigenvalue weighted by Crippen LogP contribution is -2.29. The SMILES string of the molecule is CN1C[C@@H]2CNC(=O)c3cc(-c4[nH]ccc4Cl)ccc3[C@H]2C1. The number of hydrogen-bond donors (Lipinski definition) is 2. The number of fused-ring (bicyclic) bond motifs is 3. The molecule has 1 amide bonds. The number of amides is 1. The van der Waals surface area contributed by atoms with Crippen molar-refractivity contribution in [3.8, 4) is 11.3 Å². The molecule has 0 unspecified atom stereocenters. The second kappa shape index (κ2) is 5.14. The lowest BCUT2D eigenvalue weighted by atomic mass is 9.86. The van der Waals surface area contributed by atoms with Crippen molar-refractivity contribution >= 4 is 17.5 Å². The molecule has 2 N–H and O–H groups in total. The van der Waals surface area contributed by atoms with Gasteiger partial charge in [0, 0.05) is 42.9 Å². The molecule has 5 heteroatoms. The molecule has 4 rings (SSSR count). The number of nitrogens with zero attached hydrogens (tertiary/aromatic N) is 1. The van der Waals surface area contributed by atoms with E-state index in [1.165, 1.54) is 0 Å². The van der Waals surface area contributed by atoms with E-state index in [1.807, 2.05) is 18.3 Å². The van der Waals surface area contributed by atoms with E-state index in [9.17, 15) is 4.79 Å². The molecule has 2 atom stereocenters. The minimum absolute atomic E-state index is 0.0246. The van der Waals surface area contributed by atoms with Gasteiger partial charge in [0.15, 0.2) is 0 Å². The number of H-pyrrole nitrogens is 1. The van der Waals surface area contributed by atoms with Crippen LogP contribution in [-0.2, 0) is 0 Å². The maximum atomic E-state index is 12.5. The number of carbonyl (C=O) groups is 1. The van der Waals surface area contributed by atoms with Gasteiger partial charge in [-0.25, -0.2) is 0 Å². The number of halogens is 1. The molecule has 0 aliphatic carbocycles. The van der Waals surface area contributed by atoms with Gasteiger partial charge in [0.05, 0.1) is 10.7 Å². The van der Waals surface area contributed by atoms with Crippen LogP contribution in [0.1, 0.15) is 21.8 Å². The van der Waals surface area contributed by atoms with E-state index in [4.69, 9.17) is 11.6 Å². The Labute approximate surface area is 134 Å². The van der Waals surface area contributed by atoms with Crippen LogP contribution in [0.2, 0.25) is 5.02 Å². The summed E-state index contributed by atoms with van der Waals surface area (Å²) in [6.07, 6.45) is 1.81. The summed E-state index contributed by atoms with van der Waals surface area (Å²) in [6.45, 7) is 2.80. The Balaban J connectivity index is 1.82. The summed E-state index contributed by atoms with van der Waals surface area (Å²) in [6, 6.07) is 7.95. The van der Waals surface area contributed by atoms with E-state index >= 15 is 0 Å². The van der Waals surface area contributed by atoms with Crippen LogP contribution in [0.4, 0.5) is 0 Å². The first kappa shape index (κ1) is 13.9. The second-order valence-electron chi connectivity index (χ2n) is 6.30. The Morgan fingerprint density at radius 3 is 2.91 bits per heavy atom. The highest BCUT2D eigenvalue weighted by atomic mass is 35.5. The molecule has 0 radical (unpaired) electrons. The van der Waals surface area contributed by atoms with E-state index < -0.39 is 0 Å². The Morgan fingerprint density at radius 2 is 2.14 bits per heavy atom. The summed E-state index contributed by atoms with van der Waals surface area (Å²) in [5, 5.41) is 3.74. The molecule has 1 aromatic heterocycles. The molecule has 1 aromatic carbocycles. The minimum atomic E-state index is 0.0246. The summed E-state index contributed by atoms with van der Waals surface area (Å²) in [5.74, 6) is 0.943. The molecule has 0 saturated carbocycles. The van der Waals surface area contributed by atoms with Crippen molar-refractivity contribution in [3.05, 3.63) is 46.6 Å². The highest BCUT2D eigenvalue weighted by Crippen LogP contribution is 2.37. The molecule has 1 fully saturated rings. The van der Waals surface area contributed by atoms with Gasteiger partial charge in [-0.1, -0.05) is 23.7 Å². The molecular weight excluding hydrogens is 298 g/mol. The van der Waals surface area contributed by atoms with Crippen LogP contribution < -0.4 is 5.32 Å². The Hall–Kier alpha value is -1.78. The number of aromatic nitrogens is 1. The molecular formula is C17H18ClN3O. The number of aromatic amines is 1. The van der Waals surface area contributed by atoms with Gasteiger partial charge >= 0.3 is 0 Å². The number of likely N-dealkylation sites (tertiary alicyclic amines) is 1. The summed E-state index contributed by atoms with van der Waals surface area (Å²) in [5.41, 5.74) is 3.76. The van der Waals surface area contributed by atoms with Crippen molar-refractivity contribution in [2.45, 2.75) is 5.92 Å². The van der Waals surface area contributed by atoms with Crippen LogP contribution in [0, 0.1) is 5.92 Å². The van der Waals surface area contributed by atoms with Crippen molar-refractivity contribution in [2.24, 2.45) is 5.92 Å². The largest absolute Gasteiger partial charge is 0.360 e. The Kier molecular flexibility index (Phi) is 3.24. The smallest absolute Gasteiger partial charge is 0.251 e. The van der Waals surface area contributed by atoms with Crippen LogP contribution in [0.5, 0.6) is 0 Å². The predicted molar refractivity (Wildman–Crippen MR) is 87.3 cm³/mol. The van der Waals surface area contributed by atoms with Crippen molar-refractivity contribution in [1.29, 1.82) is 0 Å². The van der Waals surface area contributed by atoms with Crippen LogP contribution in [0.15, 0.2) is 30.5 Å². The minimum Gasteiger partial charge on any atom is -0.360 e. The highest BCUT2D eigenvalue weighted by molar-refractivity contribution is 6.33. The predicted octanol–water partition coefficient (Wildman–Crippen LogP) is 2.72. The molecule has 2 aromatic rings. The average Bonchev–Trinajstić information content (AvgIpc) is 3.07. The lowest BCUT2D eigenvalue weighted by Gasteiger charge is -2.16. The molecule has 2 aliphatic heterocycles. The highest BCUT2D eigenvalue weighted by Gasteiger charge is 2.36. The summed E-state index contributed by atoms with van der Waals surface area (Å²) < 4.78 is 0. The fourth-order valence-corrected chi connectivity index (χ4v) is 4.00. The first-order valence-corrected chi connectivity index (χ1v) is 7.95. The van der Waals surface area contributed by atoms with Crippen LogP contribution in [0.25, 0.3) is 11.3 Å². The molecule has 22 heavy (non-hydrogen) atoms. The zero-order chi connectivity index (χ0) is 15.3. The van der Waals surface area contributed by atoms with Gasteiger partial charge in [-0.3, -0.25) is 4.79 Å².